The SMILES string of the molecule is Cc1ccccc1C(=O)NCc1ccc(-c2nn(C3CCOCC3)c(N)c2C(N)=O)c(F)c1F. The topological polar surface area (TPSA) is 125 Å². The molecule has 1 aliphatic heterocycles. The summed E-state index contributed by atoms with van der Waals surface area (Å²) in [6.45, 7) is 2.55. The van der Waals surface area contributed by atoms with Crippen LogP contribution in [0.4, 0.5) is 14.6 Å². The summed E-state index contributed by atoms with van der Waals surface area (Å²) < 4.78 is 36.9. The van der Waals surface area contributed by atoms with Crippen LogP contribution in [0.25, 0.3) is 11.3 Å². The lowest BCUT2D eigenvalue weighted by molar-refractivity contribution is 0.0669. The van der Waals surface area contributed by atoms with Crippen LogP contribution in [0.3, 0.4) is 0 Å². The zero-order valence-corrected chi connectivity index (χ0v) is 18.6. The second kappa shape index (κ2) is 9.60. The maximum absolute atomic E-state index is 15.1. The van der Waals surface area contributed by atoms with Crippen LogP contribution >= 0.6 is 0 Å². The minimum absolute atomic E-state index is 0.00350. The summed E-state index contributed by atoms with van der Waals surface area (Å²) in [4.78, 5) is 24.5. The van der Waals surface area contributed by atoms with Crippen LogP contribution in [0.15, 0.2) is 36.4 Å². The lowest BCUT2D eigenvalue weighted by Crippen LogP contribution is -2.24. The number of rotatable bonds is 6. The first-order valence-corrected chi connectivity index (χ1v) is 10.9. The van der Waals surface area contributed by atoms with Crippen LogP contribution in [0, 0.1) is 18.6 Å². The summed E-state index contributed by atoms with van der Waals surface area (Å²) in [5, 5.41) is 6.94. The summed E-state index contributed by atoms with van der Waals surface area (Å²) in [7, 11) is 0. The number of nitrogens with one attached hydrogen (secondary N) is 1. The van der Waals surface area contributed by atoms with Gasteiger partial charge in [0.25, 0.3) is 11.8 Å². The first-order chi connectivity index (χ1) is 16.3. The van der Waals surface area contributed by atoms with Crippen molar-refractivity contribution in [3.8, 4) is 11.3 Å². The monoisotopic (exact) mass is 469 g/mol. The van der Waals surface area contributed by atoms with Gasteiger partial charge in [0.15, 0.2) is 11.6 Å². The number of hydrogen-bond acceptors (Lipinski definition) is 5. The molecule has 2 aromatic carbocycles. The average Bonchev–Trinajstić information content (AvgIpc) is 3.17. The van der Waals surface area contributed by atoms with Gasteiger partial charge in [0, 0.05) is 36.4 Å². The molecular formula is C24H25F2N5O3. The largest absolute Gasteiger partial charge is 0.383 e. The standard InChI is InChI=1S/C24H25F2N5O3/c1-13-4-2-3-5-16(13)24(33)29-12-14-6-7-17(20(26)19(14)25)21-18(23(28)32)22(27)31(30-21)15-8-10-34-11-9-15/h2-7,15H,8-12,27H2,1H3,(H2,28,32)(H,29,33). The number of anilines is 1. The van der Waals surface area contributed by atoms with Gasteiger partial charge in [-0.25, -0.2) is 13.5 Å². The lowest BCUT2D eigenvalue weighted by Gasteiger charge is -2.23. The number of aromatic nitrogens is 2. The fourth-order valence-electron chi connectivity index (χ4n) is 4.09. The minimum Gasteiger partial charge on any atom is -0.383 e. The molecule has 34 heavy (non-hydrogen) atoms. The normalized spacial score (nSPS) is 14.2. The van der Waals surface area contributed by atoms with E-state index in [9.17, 15) is 14.0 Å². The van der Waals surface area contributed by atoms with Gasteiger partial charge in [-0.05, 0) is 37.5 Å². The van der Waals surface area contributed by atoms with E-state index < -0.39 is 23.4 Å². The molecule has 1 aliphatic rings. The molecule has 0 spiro atoms. The number of nitrogens with zero attached hydrogens (tertiary/aromatic N) is 2. The number of hydrogen-bond donors (Lipinski definition) is 3. The Labute approximate surface area is 194 Å². The number of nitrogen functional groups attached to an aromatic ring is 1. The van der Waals surface area contributed by atoms with Gasteiger partial charge in [-0.1, -0.05) is 24.3 Å². The van der Waals surface area contributed by atoms with Crippen molar-refractivity contribution in [2.75, 3.05) is 18.9 Å². The zero-order valence-electron chi connectivity index (χ0n) is 18.6. The number of nitrogens with two attached hydrogens (primary N) is 2. The third kappa shape index (κ3) is 4.36. The zero-order chi connectivity index (χ0) is 24.4. The van der Waals surface area contributed by atoms with Crippen molar-refractivity contribution >= 4 is 17.6 Å². The van der Waals surface area contributed by atoms with Gasteiger partial charge in [0.05, 0.1) is 6.04 Å². The molecule has 8 nitrogen and oxygen atoms in total. The Balaban J connectivity index is 1.63. The summed E-state index contributed by atoms with van der Waals surface area (Å²) in [5.74, 6) is -3.65. The molecule has 0 atom stereocenters. The Morgan fingerprint density at radius 2 is 1.85 bits per heavy atom. The summed E-state index contributed by atoms with van der Waals surface area (Å²) in [6.07, 6.45) is 1.22. The highest BCUT2D eigenvalue weighted by Gasteiger charge is 2.29. The molecule has 5 N–H and O–H groups in total. The average molecular weight is 469 g/mol. The van der Waals surface area contributed by atoms with E-state index in [0.717, 1.165) is 5.56 Å². The molecule has 4 rings (SSSR count). The van der Waals surface area contributed by atoms with E-state index >= 15 is 4.39 Å². The van der Waals surface area contributed by atoms with Crippen LogP contribution in [-0.2, 0) is 11.3 Å². The third-order valence-corrected chi connectivity index (χ3v) is 5.98. The van der Waals surface area contributed by atoms with Gasteiger partial charge in [-0.15, -0.1) is 0 Å². The van der Waals surface area contributed by atoms with Gasteiger partial charge < -0.3 is 21.5 Å². The van der Waals surface area contributed by atoms with Crippen LogP contribution in [0.5, 0.6) is 0 Å². The number of carbonyl (C=O) groups excluding carboxylic acids is 2. The number of primary amides is 1. The van der Waals surface area contributed by atoms with Gasteiger partial charge >= 0.3 is 0 Å². The highest BCUT2D eigenvalue weighted by Crippen LogP contribution is 2.34. The fourth-order valence-corrected chi connectivity index (χ4v) is 4.09. The molecule has 0 unspecified atom stereocenters. The van der Waals surface area contributed by atoms with Crippen molar-refractivity contribution in [3.05, 3.63) is 70.3 Å². The Kier molecular flexibility index (Phi) is 6.60. The van der Waals surface area contributed by atoms with Crippen LogP contribution in [-0.4, -0.2) is 34.8 Å². The molecule has 1 aromatic heterocycles. The molecule has 3 aromatic rings. The van der Waals surface area contributed by atoms with Crippen molar-refractivity contribution in [1.82, 2.24) is 15.1 Å². The lowest BCUT2D eigenvalue weighted by atomic mass is 10.0. The van der Waals surface area contributed by atoms with Crippen molar-refractivity contribution < 1.29 is 23.1 Å². The van der Waals surface area contributed by atoms with Crippen LogP contribution in [0.2, 0.25) is 0 Å². The van der Waals surface area contributed by atoms with Gasteiger partial charge in [0.2, 0.25) is 0 Å². The molecule has 2 amide bonds. The highest BCUT2D eigenvalue weighted by molar-refractivity contribution is 6.03. The van der Waals surface area contributed by atoms with Crippen LogP contribution in [0.1, 0.15) is 50.7 Å². The molecule has 0 aliphatic carbocycles. The fraction of sp³-hybridized carbons (Fsp3) is 0.292. The number of benzene rings is 2. The van der Waals surface area contributed by atoms with Gasteiger partial charge in [0.1, 0.15) is 17.1 Å². The minimum atomic E-state index is -1.21. The van der Waals surface area contributed by atoms with Gasteiger partial charge in [-0.2, -0.15) is 5.10 Å². The van der Waals surface area contributed by atoms with E-state index in [-0.39, 0.29) is 40.8 Å². The molecule has 1 fully saturated rings. The first kappa shape index (κ1) is 23.4. The van der Waals surface area contributed by atoms with Gasteiger partial charge in [-0.3, -0.25) is 9.59 Å². The molecule has 0 saturated carbocycles. The molecule has 178 valence electrons. The van der Waals surface area contributed by atoms with Crippen molar-refractivity contribution in [1.29, 1.82) is 0 Å². The third-order valence-electron chi connectivity index (χ3n) is 5.98. The van der Waals surface area contributed by atoms with E-state index in [1.54, 1.807) is 31.2 Å². The van der Waals surface area contributed by atoms with E-state index in [1.807, 2.05) is 0 Å². The molecule has 0 bridgehead atoms. The smallest absolute Gasteiger partial charge is 0.254 e. The number of aryl methyl sites for hydroxylation is 1. The maximum Gasteiger partial charge on any atom is 0.254 e. The summed E-state index contributed by atoms with van der Waals surface area (Å²) >= 11 is 0. The Morgan fingerprint density at radius 1 is 1.15 bits per heavy atom. The second-order valence-corrected chi connectivity index (χ2v) is 8.16. The van der Waals surface area contributed by atoms with Crippen molar-refractivity contribution in [3.63, 3.8) is 0 Å². The Morgan fingerprint density at radius 3 is 2.53 bits per heavy atom. The molecular weight excluding hydrogens is 444 g/mol. The summed E-state index contributed by atoms with van der Waals surface area (Å²) in [6, 6.07) is 9.44. The number of carbonyl (C=O) groups is 2. The number of amides is 2. The van der Waals surface area contributed by atoms with E-state index in [2.05, 4.69) is 10.4 Å². The predicted octanol–water partition coefficient (Wildman–Crippen LogP) is 3.10. The first-order valence-electron chi connectivity index (χ1n) is 10.9. The molecule has 1 saturated heterocycles. The quantitative estimate of drug-likeness (QED) is 0.512. The second-order valence-electron chi connectivity index (χ2n) is 8.16. The molecule has 2 heterocycles. The van der Waals surface area contributed by atoms with Crippen LogP contribution < -0.4 is 16.8 Å². The maximum atomic E-state index is 15.1. The number of ether oxygens (including phenoxy) is 1. The summed E-state index contributed by atoms with van der Waals surface area (Å²) in [5.41, 5.74) is 12.3. The van der Waals surface area contributed by atoms with Crippen molar-refractivity contribution in [2.45, 2.75) is 32.4 Å². The van der Waals surface area contributed by atoms with E-state index in [4.69, 9.17) is 16.2 Å². The van der Waals surface area contributed by atoms with E-state index in [0.29, 0.717) is 31.6 Å². The molecule has 0 radical (unpaired) electrons. The van der Waals surface area contributed by atoms with E-state index in [1.165, 1.54) is 16.8 Å². The molecule has 10 heteroatoms. The predicted molar refractivity (Wildman–Crippen MR) is 122 cm³/mol. The highest BCUT2D eigenvalue weighted by atomic mass is 19.2. The Bertz CT molecular complexity index is 1250. The number of halogens is 2. The Hall–Kier alpha value is -3.79. The van der Waals surface area contributed by atoms with Crippen molar-refractivity contribution in [2.24, 2.45) is 5.73 Å².